The van der Waals surface area contributed by atoms with Crippen LogP contribution in [0, 0.1) is 0 Å². The van der Waals surface area contributed by atoms with E-state index in [1.165, 1.54) is 32.4 Å². The van der Waals surface area contributed by atoms with Crippen LogP contribution in [0.2, 0.25) is 0 Å². The summed E-state index contributed by atoms with van der Waals surface area (Å²) in [5, 5.41) is 0. The van der Waals surface area contributed by atoms with Crippen LogP contribution in [0.3, 0.4) is 0 Å². The molecule has 1 heterocycles. The maximum Gasteiger partial charge on any atom is 0.0163 e. The molecule has 0 atom stereocenters. The molecule has 1 aliphatic heterocycles. The normalized spacial score (nSPS) is 21.2. The molecule has 2 nitrogen and oxygen atoms in total. The number of nitrogens with two attached hydrogens (primary N) is 1. The molecule has 2 N–H and O–H groups in total. The Morgan fingerprint density at radius 1 is 1.09 bits per heavy atom. The summed E-state index contributed by atoms with van der Waals surface area (Å²) in [6, 6.07) is 0. The van der Waals surface area contributed by atoms with E-state index in [0.717, 1.165) is 6.54 Å². The molecular weight excluding hydrogens is 136 g/mol. The molecule has 64 valence electrons. The molecule has 0 amide bonds. The van der Waals surface area contributed by atoms with Crippen molar-refractivity contribution in [3.05, 3.63) is 12.2 Å². The first-order chi connectivity index (χ1) is 5.43. The lowest BCUT2D eigenvalue weighted by molar-refractivity contribution is 0.251. The van der Waals surface area contributed by atoms with Crippen molar-refractivity contribution in [3.8, 4) is 0 Å². The molecule has 1 aliphatic rings. The molecule has 0 aromatic heterocycles. The van der Waals surface area contributed by atoms with Gasteiger partial charge < -0.3 is 5.73 Å². The van der Waals surface area contributed by atoms with Crippen molar-refractivity contribution in [1.82, 2.24) is 4.90 Å². The predicted molar refractivity (Wildman–Crippen MR) is 48.5 cm³/mol. The van der Waals surface area contributed by atoms with E-state index in [-0.39, 0.29) is 0 Å². The number of likely N-dealkylation sites (tertiary alicyclic amines) is 1. The molecule has 0 radical (unpaired) electrons. The largest absolute Gasteiger partial charge is 0.327 e. The van der Waals surface area contributed by atoms with Gasteiger partial charge in [0.25, 0.3) is 0 Å². The van der Waals surface area contributed by atoms with Crippen LogP contribution in [0.15, 0.2) is 12.2 Å². The summed E-state index contributed by atoms with van der Waals surface area (Å²) < 4.78 is 0. The highest BCUT2D eigenvalue weighted by Gasteiger charge is 2.06. The number of rotatable bonds is 3. The average Bonchev–Trinajstić information content (AvgIpc) is 2.07. The number of hydrogen-bond donors (Lipinski definition) is 1. The SMILES string of the molecule is NCC=CCN1CCCCC1. The smallest absolute Gasteiger partial charge is 0.0163 e. The Labute approximate surface area is 69.1 Å². The van der Waals surface area contributed by atoms with E-state index in [2.05, 4.69) is 11.0 Å². The number of nitrogens with zero attached hydrogens (tertiary/aromatic N) is 1. The summed E-state index contributed by atoms with van der Waals surface area (Å²) in [5.74, 6) is 0. The van der Waals surface area contributed by atoms with Crippen molar-refractivity contribution in [2.24, 2.45) is 5.73 Å². The minimum atomic E-state index is 0.674. The average molecular weight is 154 g/mol. The van der Waals surface area contributed by atoms with Gasteiger partial charge in [0.2, 0.25) is 0 Å². The second kappa shape index (κ2) is 5.33. The Morgan fingerprint density at radius 2 is 1.82 bits per heavy atom. The third-order valence-corrected chi connectivity index (χ3v) is 2.12. The minimum Gasteiger partial charge on any atom is -0.327 e. The van der Waals surface area contributed by atoms with Crippen LogP contribution in [0.5, 0.6) is 0 Å². The maximum atomic E-state index is 5.34. The van der Waals surface area contributed by atoms with Crippen LogP contribution in [-0.2, 0) is 0 Å². The van der Waals surface area contributed by atoms with Crippen molar-refractivity contribution < 1.29 is 0 Å². The van der Waals surface area contributed by atoms with Gasteiger partial charge >= 0.3 is 0 Å². The summed E-state index contributed by atoms with van der Waals surface area (Å²) in [6.45, 7) is 4.31. The number of piperidine rings is 1. The lowest BCUT2D eigenvalue weighted by Gasteiger charge is -2.24. The summed E-state index contributed by atoms with van der Waals surface area (Å²) in [6.07, 6.45) is 8.37. The lowest BCUT2D eigenvalue weighted by Crippen LogP contribution is -2.29. The second-order valence-electron chi connectivity index (χ2n) is 3.07. The van der Waals surface area contributed by atoms with Crippen molar-refractivity contribution in [2.75, 3.05) is 26.2 Å². The third-order valence-electron chi connectivity index (χ3n) is 2.12. The molecule has 0 aliphatic carbocycles. The first kappa shape index (κ1) is 8.75. The van der Waals surface area contributed by atoms with E-state index < -0.39 is 0 Å². The van der Waals surface area contributed by atoms with E-state index in [4.69, 9.17) is 5.73 Å². The topological polar surface area (TPSA) is 29.3 Å². The van der Waals surface area contributed by atoms with E-state index in [0.29, 0.717) is 6.54 Å². The van der Waals surface area contributed by atoms with Gasteiger partial charge in [-0.05, 0) is 25.9 Å². The van der Waals surface area contributed by atoms with Crippen LogP contribution in [0.25, 0.3) is 0 Å². The zero-order chi connectivity index (χ0) is 7.94. The molecule has 0 spiro atoms. The quantitative estimate of drug-likeness (QED) is 0.614. The Kier molecular flexibility index (Phi) is 4.24. The van der Waals surface area contributed by atoms with Gasteiger partial charge in [0, 0.05) is 13.1 Å². The Morgan fingerprint density at radius 3 is 2.45 bits per heavy atom. The van der Waals surface area contributed by atoms with Crippen LogP contribution in [0.4, 0.5) is 0 Å². The summed E-state index contributed by atoms with van der Waals surface area (Å²) in [5.41, 5.74) is 5.34. The van der Waals surface area contributed by atoms with Gasteiger partial charge in [0.05, 0.1) is 0 Å². The van der Waals surface area contributed by atoms with Gasteiger partial charge in [-0.1, -0.05) is 18.6 Å². The predicted octanol–water partition coefficient (Wildman–Crippen LogP) is 0.987. The Balaban J connectivity index is 2.09. The monoisotopic (exact) mass is 154 g/mol. The van der Waals surface area contributed by atoms with E-state index >= 15 is 0 Å². The van der Waals surface area contributed by atoms with Gasteiger partial charge in [0.1, 0.15) is 0 Å². The van der Waals surface area contributed by atoms with Crippen LogP contribution < -0.4 is 5.73 Å². The van der Waals surface area contributed by atoms with Gasteiger partial charge in [-0.3, -0.25) is 4.90 Å². The summed E-state index contributed by atoms with van der Waals surface area (Å²) in [4.78, 5) is 2.48. The van der Waals surface area contributed by atoms with Crippen molar-refractivity contribution in [3.63, 3.8) is 0 Å². The third kappa shape index (κ3) is 3.54. The van der Waals surface area contributed by atoms with Crippen molar-refractivity contribution in [1.29, 1.82) is 0 Å². The first-order valence-corrected chi connectivity index (χ1v) is 4.51. The molecule has 1 fully saturated rings. The summed E-state index contributed by atoms with van der Waals surface area (Å²) >= 11 is 0. The molecule has 0 unspecified atom stereocenters. The van der Waals surface area contributed by atoms with E-state index in [1.54, 1.807) is 0 Å². The lowest BCUT2D eigenvalue weighted by atomic mass is 10.1. The molecule has 0 aromatic rings. The van der Waals surface area contributed by atoms with Gasteiger partial charge in [-0.25, -0.2) is 0 Å². The molecule has 0 saturated carbocycles. The Bertz CT molecular complexity index is 115. The van der Waals surface area contributed by atoms with Gasteiger partial charge in [0.15, 0.2) is 0 Å². The van der Waals surface area contributed by atoms with Gasteiger partial charge in [-0.2, -0.15) is 0 Å². The fourth-order valence-electron chi connectivity index (χ4n) is 1.46. The highest BCUT2D eigenvalue weighted by molar-refractivity contribution is 4.86. The molecule has 0 bridgehead atoms. The fourth-order valence-corrected chi connectivity index (χ4v) is 1.46. The zero-order valence-electron chi connectivity index (χ0n) is 7.13. The zero-order valence-corrected chi connectivity index (χ0v) is 7.13. The molecule has 11 heavy (non-hydrogen) atoms. The highest BCUT2D eigenvalue weighted by Crippen LogP contribution is 2.07. The van der Waals surface area contributed by atoms with Crippen LogP contribution in [0.1, 0.15) is 19.3 Å². The van der Waals surface area contributed by atoms with E-state index in [1.807, 2.05) is 6.08 Å². The van der Waals surface area contributed by atoms with Crippen LogP contribution >= 0.6 is 0 Å². The molecular formula is C9H18N2. The molecule has 1 rings (SSSR count). The highest BCUT2D eigenvalue weighted by atomic mass is 15.1. The van der Waals surface area contributed by atoms with Gasteiger partial charge in [-0.15, -0.1) is 0 Å². The Hall–Kier alpha value is -0.340. The molecule has 2 heteroatoms. The standard InChI is InChI=1S/C9H18N2/c10-6-2-5-9-11-7-3-1-4-8-11/h2,5H,1,3-4,6-10H2. The molecule has 1 saturated heterocycles. The molecule has 0 aromatic carbocycles. The number of hydrogen-bond acceptors (Lipinski definition) is 2. The fraction of sp³-hybridized carbons (Fsp3) is 0.778. The minimum absolute atomic E-state index is 0.674. The van der Waals surface area contributed by atoms with Crippen LogP contribution in [-0.4, -0.2) is 31.1 Å². The maximum absolute atomic E-state index is 5.34. The summed E-state index contributed by atoms with van der Waals surface area (Å²) in [7, 11) is 0. The first-order valence-electron chi connectivity index (χ1n) is 4.51. The second-order valence-corrected chi connectivity index (χ2v) is 3.07. The van der Waals surface area contributed by atoms with Crippen molar-refractivity contribution >= 4 is 0 Å². The van der Waals surface area contributed by atoms with E-state index in [9.17, 15) is 0 Å². The van der Waals surface area contributed by atoms with Crippen molar-refractivity contribution in [2.45, 2.75) is 19.3 Å².